The number of hydrogen-bond donors (Lipinski definition) is 1. The minimum atomic E-state index is -0.0158. The molecule has 2 aromatic rings. The summed E-state index contributed by atoms with van der Waals surface area (Å²) in [4.78, 5) is 0. The molecular formula is C13H13NO4. The Hall–Kier alpha value is -2.03. The Kier molecular flexibility index (Phi) is 4.18. The maximum atomic E-state index is 8.97. The minimum Gasteiger partial charge on any atom is -0.486 e. The summed E-state index contributed by atoms with van der Waals surface area (Å²) in [6, 6.07) is 9.27. The van der Waals surface area contributed by atoms with Crippen molar-refractivity contribution in [3.05, 3.63) is 30.0 Å². The van der Waals surface area contributed by atoms with Gasteiger partial charge in [-0.2, -0.15) is 5.26 Å². The highest BCUT2D eigenvalue weighted by Crippen LogP contribution is 2.32. The third-order valence-corrected chi connectivity index (χ3v) is 2.36. The van der Waals surface area contributed by atoms with Crippen molar-refractivity contribution in [2.24, 2.45) is 0 Å². The highest BCUT2D eigenvalue weighted by atomic mass is 16.5. The molecule has 0 radical (unpaired) electrons. The molecule has 0 fully saturated rings. The van der Waals surface area contributed by atoms with Crippen molar-refractivity contribution in [3.8, 4) is 11.8 Å². The van der Waals surface area contributed by atoms with Crippen LogP contribution < -0.4 is 4.74 Å². The van der Waals surface area contributed by atoms with E-state index in [1.807, 2.05) is 24.3 Å². The van der Waals surface area contributed by atoms with E-state index in [1.165, 1.54) is 0 Å². The summed E-state index contributed by atoms with van der Waals surface area (Å²) in [5.74, 6) is 0.610. The van der Waals surface area contributed by atoms with Gasteiger partial charge in [0.15, 0.2) is 5.75 Å². The van der Waals surface area contributed by atoms with E-state index in [-0.39, 0.29) is 19.0 Å². The van der Waals surface area contributed by atoms with Crippen LogP contribution in [0.4, 0.5) is 0 Å². The number of benzene rings is 1. The molecule has 0 bridgehead atoms. The summed E-state index contributed by atoms with van der Waals surface area (Å²) in [6.07, 6.45) is 0. The van der Waals surface area contributed by atoms with E-state index < -0.39 is 0 Å². The minimum absolute atomic E-state index is 0.0158. The van der Waals surface area contributed by atoms with E-state index in [0.717, 1.165) is 5.39 Å². The highest BCUT2D eigenvalue weighted by Gasteiger charge is 2.14. The predicted molar refractivity (Wildman–Crippen MR) is 64.3 cm³/mol. The average molecular weight is 247 g/mol. The lowest BCUT2D eigenvalue weighted by Gasteiger charge is -2.04. The Bertz CT molecular complexity index is 556. The zero-order valence-electron chi connectivity index (χ0n) is 9.76. The zero-order valence-corrected chi connectivity index (χ0v) is 9.76. The van der Waals surface area contributed by atoms with Crippen LogP contribution in [0.1, 0.15) is 5.76 Å². The summed E-state index contributed by atoms with van der Waals surface area (Å²) in [7, 11) is 0. The van der Waals surface area contributed by atoms with Crippen molar-refractivity contribution in [2.75, 3.05) is 26.4 Å². The molecule has 0 unspecified atom stereocenters. The van der Waals surface area contributed by atoms with Crippen LogP contribution in [0.2, 0.25) is 0 Å². The van der Waals surface area contributed by atoms with Gasteiger partial charge in [-0.3, -0.25) is 0 Å². The third-order valence-electron chi connectivity index (χ3n) is 2.36. The first-order chi connectivity index (χ1) is 8.86. The van der Waals surface area contributed by atoms with Gasteiger partial charge in [0.1, 0.15) is 18.3 Å². The first kappa shape index (κ1) is 12.4. The fourth-order valence-electron chi connectivity index (χ4n) is 1.61. The van der Waals surface area contributed by atoms with Crippen LogP contribution in [-0.2, 0) is 4.74 Å². The molecular weight excluding hydrogens is 234 g/mol. The molecule has 0 saturated heterocycles. The molecule has 18 heavy (non-hydrogen) atoms. The quantitative estimate of drug-likeness (QED) is 0.786. The van der Waals surface area contributed by atoms with E-state index in [1.54, 1.807) is 6.07 Å². The fourth-order valence-corrected chi connectivity index (χ4v) is 1.61. The molecule has 0 aliphatic rings. The van der Waals surface area contributed by atoms with Crippen molar-refractivity contribution in [3.63, 3.8) is 0 Å². The topological polar surface area (TPSA) is 75.6 Å². The highest BCUT2D eigenvalue weighted by molar-refractivity contribution is 5.86. The molecule has 0 atom stereocenters. The molecule has 5 heteroatoms. The number of ether oxygens (including phenoxy) is 2. The number of nitrogens with zero attached hydrogens (tertiary/aromatic N) is 1. The Morgan fingerprint density at radius 1 is 1.22 bits per heavy atom. The number of furan rings is 1. The molecule has 0 aliphatic heterocycles. The fraction of sp³-hybridized carbons (Fsp3) is 0.308. The molecule has 1 aromatic carbocycles. The van der Waals surface area contributed by atoms with Crippen LogP contribution in [0.5, 0.6) is 5.75 Å². The second kappa shape index (κ2) is 6.05. The van der Waals surface area contributed by atoms with Crippen molar-refractivity contribution < 1.29 is 19.0 Å². The normalized spacial score (nSPS) is 10.4. The van der Waals surface area contributed by atoms with E-state index in [2.05, 4.69) is 0 Å². The summed E-state index contributed by atoms with van der Waals surface area (Å²) in [5, 5.41) is 18.3. The molecule has 5 nitrogen and oxygen atoms in total. The Balaban J connectivity index is 2.09. The van der Waals surface area contributed by atoms with Crippen LogP contribution in [0.15, 0.2) is 28.7 Å². The van der Waals surface area contributed by atoms with Crippen molar-refractivity contribution in [1.29, 1.82) is 5.26 Å². The monoisotopic (exact) mass is 247 g/mol. The average Bonchev–Trinajstić information content (AvgIpc) is 2.77. The van der Waals surface area contributed by atoms with Crippen LogP contribution in [0, 0.1) is 11.3 Å². The predicted octanol–water partition coefficient (Wildman–Crippen LogP) is 1.69. The van der Waals surface area contributed by atoms with E-state index in [9.17, 15) is 0 Å². The van der Waals surface area contributed by atoms with Gasteiger partial charge < -0.3 is 19.0 Å². The Morgan fingerprint density at radius 2 is 2.06 bits per heavy atom. The molecule has 2 rings (SSSR count). The Labute approximate surface area is 104 Å². The number of para-hydroxylation sites is 1. The van der Waals surface area contributed by atoms with Gasteiger partial charge in [0.25, 0.3) is 0 Å². The third kappa shape index (κ3) is 2.62. The lowest BCUT2D eigenvalue weighted by molar-refractivity contribution is 0.0705. The largest absolute Gasteiger partial charge is 0.486 e. The Morgan fingerprint density at radius 3 is 2.83 bits per heavy atom. The summed E-state index contributed by atoms with van der Waals surface area (Å²) < 4.78 is 15.9. The van der Waals surface area contributed by atoms with Crippen molar-refractivity contribution in [2.45, 2.75) is 0 Å². The van der Waals surface area contributed by atoms with Crippen LogP contribution >= 0.6 is 0 Å². The maximum Gasteiger partial charge on any atom is 0.246 e. The maximum absolute atomic E-state index is 8.97. The van der Waals surface area contributed by atoms with Gasteiger partial charge >= 0.3 is 0 Å². The van der Waals surface area contributed by atoms with Crippen LogP contribution in [-0.4, -0.2) is 31.5 Å². The van der Waals surface area contributed by atoms with Gasteiger partial charge in [-0.05, 0) is 12.1 Å². The molecule has 1 aromatic heterocycles. The molecule has 0 aliphatic carbocycles. The van der Waals surface area contributed by atoms with Gasteiger partial charge in [0.2, 0.25) is 5.76 Å². The van der Waals surface area contributed by atoms with Gasteiger partial charge in [0.05, 0.1) is 25.2 Å². The molecule has 0 amide bonds. The standard InChI is InChI=1S/C13H13NO4/c14-9-12-13(17-8-7-16-6-5-15)10-3-1-2-4-11(10)18-12/h1-4,15H,5-8H2. The summed E-state index contributed by atoms with van der Waals surface area (Å²) in [6.45, 7) is 0.918. The molecule has 1 heterocycles. The van der Waals surface area contributed by atoms with E-state index in [0.29, 0.717) is 24.5 Å². The van der Waals surface area contributed by atoms with Gasteiger partial charge in [0, 0.05) is 0 Å². The van der Waals surface area contributed by atoms with E-state index in [4.69, 9.17) is 24.3 Å². The molecule has 1 N–H and O–H groups in total. The van der Waals surface area contributed by atoms with Gasteiger partial charge in [-0.15, -0.1) is 0 Å². The first-order valence-corrected chi connectivity index (χ1v) is 5.60. The first-order valence-electron chi connectivity index (χ1n) is 5.60. The summed E-state index contributed by atoms with van der Waals surface area (Å²) in [5.41, 5.74) is 0.625. The second-order valence-corrected chi connectivity index (χ2v) is 3.55. The van der Waals surface area contributed by atoms with Crippen molar-refractivity contribution in [1.82, 2.24) is 0 Å². The SMILES string of the molecule is N#Cc1oc2ccccc2c1OCCOCCO. The summed E-state index contributed by atoms with van der Waals surface area (Å²) >= 11 is 0. The molecule has 0 spiro atoms. The van der Waals surface area contributed by atoms with Crippen LogP contribution in [0.25, 0.3) is 11.0 Å². The molecule has 94 valence electrons. The van der Waals surface area contributed by atoms with Gasteiger partial charge in [-0.1, -0.05) is 12.1 Å². The lowest BCUT2D eigenvalue weighted by Crippen LogP contribution is -2.09. The zero-order chi connectivity index (χ0) is 12.8. The van der Waals surface area contributed by atoms with E-state index >= 15 is 0 Å². The number of nitriles is 1. The van der Waals surface area contributed by atoms with Gasteiger partial charge in [-0.25, -0.2) is 0 Å². The number of aliphatic hydroxyl groups excluding tert-OH is 1. The van der Waals surface area contributed by atoms with Crippen molar-refractivity contribution >= 4 is 11.0 Å². The lowest BCUT2D eigenvalue weighted by atomic mass is 10.2. The number of aliphatic hydroxyl groups is 1. The number of fused-ring (bicyclic) bond motifs is 1. The second-order valence-electron chi connectivity index (χ2n) is 3.55. The number of hydrogen-bond acceptors (Lipinski definition) is 5. The van der Waals surface area contributed by atoms with Crippen LogP contribution in [0.3, 0.4) is 0 Å². The molecule has 0 saturated carbocycles. The number of rotatable bonds is 6. The smallest absolute Gasteiger partial charge is 0.246 e.